The van der Waals surface area contributed by atoms with Crippen LogP contribution in [0.3, 0.4) is 0 Å². The van der Waals surface area contributed by atoms with E-state index in [0.29, 0.717) is 5.13 Å². The normalized spacial score (nSPS) is 11.8. The summed E-state index contributed by atoms with van der Waals surface area (Å²) in [5.41, 5.74) is 4.84. The van der Waals surface area contributed by atoms with Crippen molar-refractivity contribution in [1.29, 1.82) is 5.26 Å². The maximum atomic E-state index is 10.5. The molecular weight excluding hydrogens is 240 g/mol. The summed E-state index contributed by atoms with van der Waals surface area (Å²) in [4.78, 5) is 14.6. The van der Waals surface area contributed by atoms with Crippen molar-refractivity contribution in [2.45, 2.75) is 6.10 Å². The second-order valence-electron chi connectivity index (χ2n) is 2.55. The van der Waals surface area contributed by atoms with Crippen LogP contribution < -0.4 is 11.1 Å². The number of rotatable bonds is 4. The Hall–Kier alpha value is -1.36. The lowest BCUT2D eigenvalue weighted by atomic mass is 10.3. The van der Waals surface area contributed by atoms with Crippen molar-refractivity contribution >= 4 is 34.0 Å². The molecule has 1 rings (SSSR count). The van der Waals surface area contributed by atoms with Gasteiger partial charge in [-0.1, -0.05) is 22.9 Å². The summed E-state index contributed by atoms with van der Waals surface area (Å²) < 4.78 is 0. The molecule has 0 aliphatic rings. The molecule has 0 radical (unpaired) electrons. The van der Waals surface area contributed by atoms with Crippen LogP contribution in [0, 0.1) is 11.3 Å². The maximum absolute atomic E-state index is 10.5. The van der Waals surface area contributed by atoms with Crippen molar-refractivity contribution < 1.29 is 9.90 Å². The first-order valence-electron chi connectivity index (χ1n) is 3.82. The van der Waals surface area contributed by atoms with Gasteiger partial charge in [-0.2, -0.15) is 5.26 Å². The first-order chi connectivity index (χ1) is 7.04. The van der Waals surface area contributed by atoms with Crippen molar-refractivity contribution in [2.24, 2.45) is 5.73 Å². The minimum atomic E-state index is -1.29. The van der Waals surface area contributed by atoms with E-state index in [9.17, 15) is 4.79 Å². The van der Waals surface area contributed by atoms with E-state index in [2.05, 4.69) is 10.3 Å². The van der Waals surface area contributed by atoms with E-state index in [1.54, 1.807) is 0 Å². The molecule has 80 valence electrons. The molecule has 1 aromatic rings. The molecule has 0 aromatic carbocycles. The monoisotopic (exact) mass is 246 g/mol. The van der Waals surface area contributed by atoms with Gasteiger partial charge in [-0.25, -0.2) is 4.98 Å². The van der Waals surface area contributed by atoms with Gasteiger partial charge in [-0.3, -0.25) is 4.79 Å². The zero-order valence-electron chi connectivity index (χ0n) is 7.40. The van der Waals surface area contributed by atoms with Crippen LogP contribution in [-0.4, -0.2) is 28.6 Å². The number of carbonyl (C=O) groups is 1. The Morgan fingerprint density at radius 1 is 1.87 bits per heavy atom. The number of nitrogens with zero attached hydrogens (tertiary/aromatic N) is 2. The Morgan fingerprint density at radius 3 is 3.00 bits per heavy atom. The van der Waals surface area contributed by atoms with E-state index < -0.39 is 12.0 Å². The summed E-state index contributed by atoms with van der Waals surface area (Å²) in [6.45, 7) is -0.0654. The number of nitriles is 1. The zero-order chi connectivity index (χ0) is 11.4. The number of nitrogens with two attached hydrogens (primary N) is 1. The highest BCUT2D eigenvalue weighted by Gasteiger charge is 2.13. The van der Waals surface area contributed by atoms with Gasteiger partial charge in [0.1, 0.15) is 17.1 Å². The Kier molecular flexibility index (Phi) is 3.85. The highest BCUT2D eigenvalue weighted by molar-refractivity contribution is 7.16. The summed E-state index contributed by atoms with van der Waals surface area (Å²) in [7, 11) is 0. The Bertz CT molecular complexity index is 414. The van der Waals surface area contributed by atoms with Gasteiger partial charge in [0.2, 0.25) is 5.91 Å². The van der Waals surface area contributed by atoms with Gasteiger partial charge < -0.3 is 16.2 Å². The molecule has 0 bridgehead atoms. The topological polar surface area (TPSA) is 112 Å². The largest absolute Gasteiger partial charge is 0.381 e. The smallest absolute Gasteiger partial charge is 0.248 e. The van der Waals surface area contributed by atoms with Crippen molar-refractivity contribution in [3.63, 3.8) is 0 Å². The third-order valence-electron chi connectivity index (χ3n) is 1.46. The van der Waals surface area contributed by atoms with E-state index in [4.69, 9.17) is 27.7 Å². The number of aromatic nitrogens is 1. The molecule has 8 heteroatoms. The van der Waals surface area contributed by atoms with Crippen LogP contribution in [0.4, 0.5) is 5.13 Å². The summed E-state index contributed by atoms with van der Waals surface area (Å²) in [6.07, 6.45) is -1.29. The Morgan fingerprint density at radius 2 is 2.53 bits per heavy atom. The van der Waals surface area contributed by atoms with Crippen LogP contribution in [0.25, 0.3) is 0 Å². The number of nitrogens with one attached hydrogen (secondary N) is 1. The zero-order valence-corrected chi connectivity index (χ0v) is 8.97. The number of amides is 1. The number of hydrogen-bond donors (Lipinski definition) is 3. The number of aliphatic hydroxyl groups excluding tert-OH is 1. The Balaban J connectivity index is 2.59. The van der Waals surface area contributed by atoms with Gasteiger partial charge in [0.25, 0.3) is 0 Å². The number of primary amides is 1. The van der Waals surface area contributed by atoms with Gasteiger partial charge in [0.05, 0.1) is 6.54 Å². The van der Waals surface area contributed by atoms with Crippen LogP contribution in [-0.2, 0) is 4.79 Å². The van der Waals surface area contributed by atoms with E-state index in [0.717, 1.165) is 11.3 Å². The lowest BCUT2D eigenvalue weighted by molar-refractivity contribution is -0.125. The number of carbonyl (C=O) groups excluding carboxylic acids is 1. The van der Waals surface area contributed by atoms with Gasteiger partial charge in [-0.05, 0) is 0 Å². The average molecular weight is 247 g/mol. The van der Waals surface area contributed by atoms with Crippen molar-refractivity contribution in [1.82, 2.24) is 4.98 Å². The Labute approximate surface area is 94.3 Å². The van der Waals surface area contributed by atoms with Crippen LogP contribution in [0.2, 0.25) is 5.15 Å². The second-order valence-corrected chi connectivity index (χ2v) is 3.91. The fourth-order valence-electron chi connectivity index (χ4n) is 0.731. The molecule has 1 atom stereocenters. The number of halogens is 1. The summed E-state index contributed by atoms with van der Waals surface area (Å²) >= 11 is 6.64. The minimum absolute atomic E-state index is 0.0654. The van der Waals surface area contributed by atoms with Gasteiger partial charge in [0, 0.05) is 0 Å². The second kappa shape index (κ2) is 4.93. The third kappa shape index (κ3) is 3.06. The molecule has 1 heterocycles. The van der Waals surface area contributed by atoms with Crippen LogP contribution >= 0.6 is 22.9 Å². The number of hydrogen-bond acceptors (Lipinski definition) is 6. The summed E-state index contributed by atoms with van der Waals surface area (Å²) in [5.74, 6) is -0.828. The van der Waals surface area contributed by atoms with E-state index in [1.807, 2.05) is 6.07 Å². The predicted octanol–water partition coefficient (Wildman–Crippen LogP) is -0.0737. The molecule has 0 saturated heterocycles. The first kappa shape index (κ1) is 11.7. The fraction of sp³-hybridized carbons (Fsp3) is 0.286. The molecule has 15 heavy (non-hydrogen) atoms. The summed E-state index contributed by atoms with van der Waals surface area (Å²) in [5, 5.41) is 20.7. The van der Waals surface area contributed by atoms with E-state index >= 15 is 0 Å². The average Bonchev–Trinajstić information content (AvgIpc) is 2.55. The van der Waals surface area contributed by atoms with Gasteiger partial charge in [0.15, 0.2) is 10.3 Å². The molecule has 0 fully saturated rings. The van der Waals surface area contributed by atoms with Crippen LogP contribution in [0.15, 0.2) is 0 Å². The molecule has 1 aromatic heterocycles. The quantitative estimate of drug-likeness (QED) is 0.688. The van der Waals surface area contributed by atoms with Gasteiger partial charge >= 0.3 is 0 Å². The highest BCUT2D eigenvalue weighted by atomic mass is 35.5. The van der Waals surface area contributed by atoms with Crippen LogP contribution in [0.5, 0.6) is 0 Å². The molecule has 1 amide bonds. The van der Waals surface area contributed by atoms with Crippen molar-refractivity contribution in [2.75, 3.05) is 11.9 Å². The molecule has 6 nitrogen and oxygen atoms in total. The maximum Gasteiger partial charge on any atom is 0.248 e. The third-order valence-corrected chi connectivity index (χ3v) is 2.77. The SMILES string of the molecule is N#Cc1sc(NCC(O)C(N)=O)nc1Cl. The standard InChI is InChI=1S/C7H7ClN4O2S/c8-5-4(1-9)15-7(12-5)11-2-3(13)6(10)14/h3,13H,2H2,(H2,10,14)(H,11,12). The molecule has 0 saturated carbocycles. The van der Waals surface area contributed by atoms with E-state index in [-0.39, 0.29) is 16.6 Å². The van der Waals surface area contributed by atoms with Crippen LogP contribution in [0.1, 0.15) is 4.88 Å². The fourth-order valence-corrected chi connectivity index (χ4v) is 1.68. The lowest BCUT2D eigenvalue weighted by Crippen LogP contribution is -2.34. The number of anilines is 1. The first-order valence-corrected chi connectivity index (χ1v) is 5.01. The molecule has 0 aliphatic heterocycles. The molecular formula is C7H7ClN4O2S. The number of thiazole rings is 1. The highest BCUT2D eigenvalue weighted by Crippen LogP contribution is 2.25. The lowest BCUT2D eigenvalue weighted by Gasteiger charge is -2.05. The van der Waals surface area contributed by atoms with Gasteiger partial charge in [-0.15, -0.1) is 0 Å². The molecule has 0 spiro atoms. The van der Waals surface area contributed by atoms with E-state index in [1.165, 1.54) is 0 Å². The molecule has 1 unspecified atom stereocenters. The predicted molar refractivity (Wildman–Crippen MR) is 55.5 cm³/mol. The molecule has 4 N–H and O–H groups in total. The number of aliphatic hydroxyl groups is 1. The molecule has 0 aliphatic carbocycles. The minimum Gasteiger partial charge on any atom is -0.381 e. The van der Waals surface area contributed by atoms with Crippen molar-refractivity contribution in [3.8, 4) is 6.07 Å². The van der Waals surface area contributed by atoms with Crippen molar-refractivity contribution in [3.05, 3.63) is 10.0 Å². The summed E-state index contributed by atoms with van der Waals surface area (Å²) in [6, 6.07) is 1.86.